The van der Waals surface area contributed by atoms with Gasteiger partial charge in [-0.05, 0) is 44.0 Å². The Hall–Kier alpha value is -1.60. The summed E-state index contributed by atoms with van der Waals surface area (Å²) in [7, 11) is 1.31. The number of pyridine rings is 1. The molecule has 0 aliphatic carbocycles. The number of rotatable bonds is 3. The van der Waals surface area contributed by atoms with Crippen LogP contribution >= 0.6 is 31.9 Å². The van der Waals surface area contributed by atoms with Crippen LogP contribution in [-0.4, -0.2) is 18.1 Å². The van der Waals surface area contributed by atoms with Crippen molar-refractivity contribution in [3.63, 3.8) is 0 Å². The van der Waals surface area contributed by atoms with Crippen LogP contribution < -0.4 is 10.5 Å². The number of halogens is 2. The molecule has 1 aromatic carbocycles. The molecule has 5 nitrogen and oxygen atoms in total. The average molecular weight is 402 g/mol. The molecule has 0 fully saturated rings. The molecule has 0 aliphatic rings. The maximum absolute atomic E-state index is 11.8. The molecular formula is C13H10Br2N2O3. The highest BCUT2D eigenvalue weighted by Gasteiger charge is 2.17. The number of carbonyl (C=O) groups is 1. The SMILES string of the molecule is COC(=O)c1c(Br)cccc1Oc1cnc(N)c(Br)c1. The number of hydrogen-bond donors (Lipinski definition) is 1. The Kier molecular flexibility index (Phi) is 4.61. The molecule has 1 aromatic heterocycles. The van der Waals surface area contributed by atoms with Crippen molar-refractivity contribution >= 4 is 43.6 Å². The molecule has 7 heteroatoms. The van der Waals surface area contributed by atoms with Crippen molar-refractivity contribution in [1.29, 1.82) is 0 Å². The highest BCUT2D eigenvalue weighted by atomic mass is 79.9. The standard InChI is InChI=1S/C13H10Br2N2O3/c1-19-13(18)11-8(14)3-2-4-10(11)20-7-5-9(15)12(16)17-6-7/h2-6H,1H3,(H2,16,17). The first-order valence-electron chi connectivity index (χ1n) is 5.48. The van der Waals surface area contributed by atoms with Crippen molar-refractivity contribution in [3.8, 4) is 11.5 Å². The fourth-order valence-corrected chi connectivity index (χ4v) is 2.34. The maximum Gasteiger partial charge on any atom is 0.342 e. The topological polar surface area (TPSA) is 74.4 Å². The largest absolute Gasteiger partial charge is 0.465 e. The quantitative estimate of drug-likeness (QED) is 0.792. The summed E-state index contributed by atoms with van der Waals surface area (Å²) in [6.07, 6.45) is 1.47. The molecule has 20 heavy (non-hydrogen) atoms. The number of nitrogen functional groups attached to an aromatic ring is 1. The van der Waals surface area contributed by atoms with Gasteiger partial charge in [0.2, 0.25) is 0 Å². The van der Waals surface area contributed by atoms with Gasteiger partial charge in [0.25, 0.3) is 0 Å². The lowest BCUT2D eigenvalue weighted by Gasteiger charge is -2.11. The number of anilines is 1. The third-order valence-electron chi connectivity index (χ3n) is 2.44. The third-order valence-corrected chi connectivity index (χ3v) is 3.73. The van der Waals surface area contributed by atoms with E-state index in [0.29, 0.717) is 31.8 Å². The molecule has 0 amide bonds. The van der Waals surface area contributed by atoms with Crippen molar-refractivity contribution in [2.24, 2.45) is 0 Å². The summed E-state index contributed by atoms with van der Waals surface area (Å²) in [5.74, 6) is 0.689. The van der Waals surface area contributed by atoms with E-state index in [9.17, 15) is 4.79 Å². The van der Waals surface area contributed by atoms with E-state index in [4.69, 9.17) is 15.2 Å². The van der Waals surface area contributed by atoms with Crippen LogP contribution in [0.4, 0.5) is 5.82 Å². The number of benzene rings is 1. The molecule has 0 aliphatic heterocycles. The predicted octanol–water partition coefficient (Wildman–Crippen LogP) is 3.77. The number of nitrogens with two attached hydrogens (primary N) is 1. The molecule has 0 unspecified atom stereocenters. The van der Waals surface area contributed by atoms with Crippen LogP contribution in [0.15, 0.2) is 39.4 Å². The second-order valence-electron chi connectivity index (χ2n) is 3.74. The molecule has 0 spiro atoms. The molecule has 2 aromatic rings. The zero-order chi connectivity index (χ0) is 14.7. The van der Waals surface area contributed by atoms with Gasteiger partial charge >= 0.3 is 5.97 Å². The average Bonchev–Trinajstić information content (AvgIpc) is 2.42. The highest BCUT2D eigenvalue weighted by Crippen LogP contribution is 2.32. The van der Waals surface area contributed by atoms with Crippen molar-refractivity contribution in [2.45, 2.75) is 0 Å². The Morgan fingerprint density at radius 3 is 2.70 bits per heavy atom. The predicted molar refractivity (Wildman–Crippen MR) is 81.9 cm³/mol. The number of hydrogen-bond acceptors (Lipinski definition) is 5. The zero-order valence-electron chi connectivity index (χ0n) is 10.4. The number of methoxy groups -OCH3 is 1. The van der Waals surface area contributed by atoms with E-state index >= 15 is 0 Å². The van der Waals surface area contributed by atoms with Crippen LogP contribution in [0.25, 0.3) is 0 Å². The first-order valence-corrected chi connectivity index (χ1v) is 7.07. The van der Waals surface area contributed by atoms with Gasteiger partial charge in [0.1, 0.15) is 22.9 Å². The molecule has 0 bridgehead atoms. The van der Waals surface area contributed by atoms with E-state index in [1.54, 1.807) is 24.3 Å². The van der Waals surface area contributed by atoms with Gasteiger partial charge in [0.15, 0.2) is 0 Å². The fourth-order valence-electron chi connectivity index (χ4n) is 1.50. The van der Waals surface area contributed by atoms with E-state index in [-0.39, 0.29) is 0 Å². The molecule has 2 N–H and O–H groups in total. The number of carbonyl (C=O) groups excluding carboxylic acids is 1. The van der Waals surface area contributed by atoms with Crippen LogP contribution in [0.3, 0.4) is 0 Å². The van der Waals surface area contributed by atoms with E-state index < -0.39 is 5.97 Å². The van der Waals surface area contributed by atoms with Crippen LogP contribution in [0.5, 0.6) is 11.5 Å². The summed E-state index contributed by atoms with van der Waals surface area (Å²) >= 11 is 6.57. The summed E-state index contributed by atoms with van der Waals surface area (Å²) in [5, 5.41) is 0. The minimum atomic E-state index is -0.491. The number of nitrogens with zero attached hydrogens (tertiary/aromatic N) is 1. The monoisotopic (exact) mass is 400 g/mol. The molecule has 1 heterocycles. The normalized spacial score (nSPS) is 10.2. The Labute approximate surface area is 132 Å². The van der Waals surface area contributed by atoms with Gasteiger partial charge in [-0.25, -0.2) is 9.78 Å². The third kappa shape index (κ3) is 3.10. The second kappa shape index (κ2) is 6.23. The van der Waals surface area contributed by atoms with Crippen LogP contribution in [0.1, 0.15) is 10.4 Å². The summed E-state index contributed by atoms with van der Waals surface area (Å²) in [5.41, 5.74) is 5.92. The molecule has 0 radical (unpaired) electrons. The number of ether oxygens (including phenoxy) is 2. The van der Waals surface area contributed by atoms with Crippen molar-refractivity contribution in [1.82, 2.24) is 4.98 Å². The second-order valence-corrected chi connectivity index (χ2v) is 5.45. The van der Waals surface area contributed by atoms with Crippen molar-refractivity contribution < 1.29 is 14.3 Å². The Morgan fingerprint density at radius 1 is 1.30 bits per heavy atom. The Morgan fingerprint density at radius 2 is 2.05 bits per heavy atom. The van der Waals surface area contributed by atoms with E-state index in [2.05, 4.69) is 36.8 Å². The molecule has 0 saturated carbocycles. The van der Waals surface area contributed by atoms with Crippen molar-refractivity contribution in [2.75, 3.05) is 12.8 Å². The van der Waals surface area contributed by atoms with Gasteiger partial charge in [0, 0.05) is 10.5 Å². The number of esters is 1. The molecule has 104 valence electrons. The lowest BCUT2D eigenvalue weighted by Crippen LogP contribution is -2.05. The van der Waals surface area contributed by atoms with Crippen molar-refractivity contribution in [3.05, 3.63) is 45.0 Å². The van der Waals surface area contributed by atoms with E-state index in [1.165, 1.54) is 13.3 Å². The zero-order valence-corrected chi connectivity index (χ0v) is 13.6. The molecule has 0 saturated heterocycles. The summed E-state index contributed by atoms with van der Waals surface area (Å²) < 4.78 is 11.6. The maximum atomic E-state index is 11.8. The first kappa shape index (κ1) is 14.8. The summed E-state index contributed by atoms with van der Waals surface area (Å²) in [6, 6.07) is 6.83. The number of aromatic nitrogens is 1. The first-order chi connectivity index (χ1) is 9.52. The van der Waals surface area contributed by atoms with Crippen LogP contribution in [0, 0.1) is 0 Å². The van der Waals surface area contributed by atoms with Crippen LogP contribution in [0.2, 0.25) is 0 Å². The van der Waals surface area contributed by atoms with Gasteiger partial charge < -0.3 is 15.2 Å². The summed E-state index contributed by atoms with van der Waals surface area (Å²) in [6.45, 7) is 0. The van der Waals surface area contributed by atoms with Gasteiger partial charge in [0.05, 0.1) is 17.8 Å². The molecular weight excluding hydrogens is 392 g/mol. The van der Waals surface area contributed by atoms with E-state index in [0.717, 1.165) is 0 Å². The van der Waals surface area contributed by atoms with E-state index in [1.807, 2.05) is 0 Å². The van der Waals surface area contributed by atoms with Crippen LogP contribution in [-0.2, 0) is 4.74 Å². The Bertz CT molecular complexity index is 662. The lowest BCUT2D eigenvalue weighted by molar-refractivity contribution is 0.0597. The lowest BCUT2D eigenvalue weighted by atomic mass is 10.2. The fraction of sp³-hybridized carbons (Fsp3) is 0.0769. The smallest absolute Gasteiger partial charge is 0.342 e. The highest BCUT2D eigenvalue weighted by molar-refractivity contribution is 9.11. The summed E-state index contributed by atoms with van der Waals surface area (Å²) in [4.78, 5) is 15.8. The van der Waals surface area contributed by atoms with Gasteiger partial charge in [-0.15, -0.1) is 0 Å². The minimum absolute atomic E-state index is 0.308. The van der Waals surface area contributed by atoms with Gasteiger partial charge in [-0.1, -0.05) is 6.07 Å². The van der Waals surface area contributed by atoms with Gasteiger partial charge in [-0.2, -0.15) is 0 Å². The van der Waals surface area contributed by atoms with Gasteiger partial charge in [-0.3, -0.25) is 0 Å². The minimum Gasteiger partial charge on any atom is -0.465 e. The molecule has 2 rings (SSSR count). The Balaban J connectivity index is 2.40. The molecule has 0 atom stereocenters.